The lowest BCUT2D eigenvalue weighted by Gasteiger charge is -2.13. The molecule has 0 N–H and O–H groups in total. The number of carbonyl (C=O) groups excluding carboxylic acids is 1. The van der Waals surface area contributed by atoms with Gasteiger partial charge in [-0.05, 0) is 36.4 Å². The average Bonchev–Trinajstić information content (AvgIpc) is 3.27. The largest absolute Gasteiger partial charge is 0.457 e. The van der Waals surface area contributed by atoms with E-state index in [-0.39, 0.29) is 11.6 Å². The van der Waals surface area contributed by atoms with E-state index in [0.717, 1.165) is 17.3 Å². The number of thiocarbonyl (C=S) groups is 1. The van der Waals surface area contributed by atoms with E-state index in [1.807, 2.05) is 12.1 Å². The van der Waals surface area contributed by atoms with Gasteiger partial charge in [0.05, 0.1) is 15.5 Å². The fourth-order valence-corrected chi connectivity index (χ4v) is 4.24. The number of rotatable bonds is 4. The molecule has 4 rings (SSSR count). The lowest BCUT2D eigenvalue weighted by atomic mass is 10.2. The zero-order valence-corrected chi connectivity index (χ0v) is 17.0. The van der Waals surface area contributed by atoms with E-state index in [0.29, 0.717) is 31.5 Å². The van der Waals surface area contributed by atoms with Crippen LogP contribution >= 0.6 is 35.6 Å². The highest BCUT2D eigenvalue weighted by Crippen LogP contribution is 2.37. The van der Waals surface area contributed by atoms with Crippen molar-refractivity contribution in [2.24, 2.45) is 0 Å². The minimum Gasteiger partial charge on any atom is -0.457 e. The maximum atomic E-state index is 12.8. The lowest BCUT2D eigenvalue weighted by Crippen LogP contribution is -2.27. The van der Waals surface area contributed by atoms with E-state index in [1.165, 1.54) is 29.2 Å². The minimum absolute atomic E-state index is 0.0566. The molecule has 1 aromatic heterocycles. The molecule has 1 saturated heterocycles. The molecular formula is C20H11ClN2O4S2. The summed E-state index contributed by atoms with van der Waals surface area (Å²) < 4.78 is 6.16. The lowest BCUT2D eigenvalue weighted by molar-refractivity contribution is -0.384. The summed E-state index contributed by atoms with van der Waals surface area (Å²) in [5.41, 5.74) is 1.25. The van der Waals surface area contributed by atoms with Gasteiger partial charge in [0.2, 0.25) is 0 Å². The van der Waals surface area contributed by atoms with Gasteiger partial charge < -0.3 is 4.42 Å². The van der Waals surface area contributed by atoms with E-state index in [1.54, 1.807) is 30.3 Å². The Morgan fingerprint density at radius 2 is 1.90 bits per heavy atom. The van der Waals surface area contributed by atoms with Crippen molar-refractivity contribution in [1.82, 2.24) is 0 Å². The number of nitro groups is 1. The average molecular weight is 443 g/mol. The van der Waals surface area contributed by atoms with E-state index in [9.17, 15) is 14.9 Å². The molecule has 2 heterocycles. The first-order valence-electron chi connectivity index (χ1n) is 8.30. The number of anilines is 1. The number of furan rings is 1. The number of carbonyl (C=O) groups is 1. The highest BCUT2D eigenvalue weighted by atomic mass is 35.5. The molecule has 0 bridgehead atoms. The van der Waals surface area contributed by atoms with Crippen LogP contribution in [0.3, 0.4) is 0 Å². The van der Waals surface area contributed by atoms with Crippen molar-refractivity contribution in [1.29, 1.82) is 0 Å². The standard InChI is InChI=1S/C20H11ClN2O4S2/c21-13-3-1-2-12(10-13)17-9-8-16(27-17)11-18-19(24)22(20(28)29-18)14-4-6-15(7-5-14)23(25)26/h1-11H/b18-11+. The highest BCUT2D eigenvalue weighted by Gasteiger charge is 2.33. The second kappa shape index (κ2) is 7.82. The first-order chi connectivity index (χ1) is 13.9. The molecule has 2 aromatic carbocycles. The summed E-state index contributed by atoms with van der Waals surface area (Å²) in [5, 5.41) is 11.4. The number of thioether (sulfide) groups is 1. The summed E-state index contributed by atoms with van der Waals surface area (Å²) in [6.45, 7) is 0. The van der Waals surface area contributed by atoms with Gasteiger partial charge >= 0.3 is 0 Å². The molecule has 1 fully saturated rings. The van der Waals surface area contributed by atoms with Crippen LogP contribution in [0.25, 0.3) is 17.4 Å². The Morgan fingerprint density at radius 3 is 2.59 bits per heavy atom. The van der Waals surface area contributed by atoms with Crippen molar-refractivity contribution in [3.63, 3.8) is 0 Å². The third kappa shape index (κ3) is 3.95. The van der Waals surface area contributed by atoms with Gasteiger partial charge in [-0.1, -0.05) is 47.7 Å². The Hall–Kier alpha value is -2.94. The van der Waals surface area contributed by atoms with Crippen LogP contribution in [0.15, 0.2) is 70.0 Å². The Balaban J connectivity index is 1.59. The zero-order chi connectivity index (χ0) is 20.5. The second-order valence-electron chi connectivity index (χ2n) is 6.00. The first-order valence-corrected chi connectivity index (χ1v) is 9.91. The van der Waals surface area contributed by atoms with E-state index in [4.69, 9.17) is 28.2 Å². The third-order valence-corrected chi connectivity index (χ3v) is 5.66. The van der Waals surface area contributed by atoms with Gasteiger partial charge in [-0.15, -0.1) is 0 Å². The fourth-order valence-electron chi connectivity index (χ4n) is 2.77. The van der Waals surface area contributed by atoms with Gasteiger partial charge in [-0.25, -0.2) is 0 Å². The molecule has 0 atom stereocenters. The number of halogens is 1. The number of non-ortho nitro benzene ring substituents is 1. The molecule has 1 aliphatic rings. The van der Waals surface area contributed by atoms with Gasteiger partial charge in [0.25, 0.3) is 11.6 Å². The number of nitro benzene ring substituents is 1. The third-order valence-electron chi connectivity index (χ3n) is 4.12. The highest BCUT2D eigenvalue weighted by molar-refractivity contribution is 8.27. The molecule has 29 heavy (non-hydrogen) atoms. The van der Waals surface area contributed by atoms with E-state index >= 15 is 0 Å². The molecule has 1 aliphatic heterocycles. The molecule has 0 spiro atoms. The monoisotopic (exact) mass is 442 g/mol. The van der Waals surface area contributed by atoms with Gasteiger partial charge in [-0.2, -0.15) is 0 Å². The fraction of sp³-hybridized carbons (Fsp3) is 0. The van der Waals surface area contributed by atoms with Crippen molar-refractivity contribution in [3.05, 3.63) is 86.5 Å². The second-order valence-corrected chi connectivity index (χ2v) is 8.12. The van der Waals surface area contributed by atoms with E-state index < -0.39 is 4.92 Å². The topological polar surface area (TPSA) is 76.6 Å². The molecule has 1 amide bonds. The van der Waals surface area contributed by atoms with Crippen molar-refractivity contribution >= 4 is 63.3 Å². The molecule has 3 aromatic rings. The van der Waals surface area contributed by atoms with Gasteiger partial charge in [-0.3, -0.25) is 19.8 Å². The van der Waals surface area contributed by atoms with Crippen LogP contribution in [-0.2, 0) is 4.79 Å². The number of benzene rings is 2. The van der Waals surface area contributed by atoms with Gasteiger partial charge in [0.15, 0.2) is 4.32 Å². The zero-order valence-electron chi connectivity index (χ0n) is 14.6. The maximum Gasteiger partial charge on any atom is 0.270 e. The van der Waals surface area contributed by atoms with Crippen LogP contribution in [0.1, 0.15) is 5.76 Å². The smallest absolute Gasteiger partial charge is 0.270 e. The van der Waals surface area contributed by atoms with Crippen LogP contribution in [-0.4, -0.2) is 15.2 Å². The predicted octanol–water partition coefficient (Wildman–Crippen LogP) is 5.91. The minimum atomic E-state index is -0.498. The molecule has 6 nitrogen and oxygen atoms in total. The summed E-state index contributed by atoms with van der Waals surface area (Å²) in [6.07, 6.45) is 1.62. The van der Waals surface area contributed by atoms with Crippen LogP contribution < -0.4 is 4.90 Å². The normalized spacial score (nSPS) is 15.3. The summed E-state index contributed by atoms with van der Waals surface area (Å²) in [6, 6.07) is 16.5. The Labute approximate surface area is 179 Å². The molecule has 144 valence electrons. The van der Waals surface area contributed by atoms with Crippen molar-refractivity contribution < 1.29 is 14.1 Å². The summed E-state index contributed by atoms with van der Waals surface area (Å²) in [5.74, 6) is 0.823. The van der Waals surface area contributed by atoms with Gasteiger partial charge in [0.1, 0.15) is 11.5 Å². The van der Waals surface area contributed by atoms with Crippen molar-refractivity contribution in [3.8, 4) is 11.3 Å². The van der Waals surface area contributed by atoms with Crippen LogP contribution in [0.4, 0.5) is 11.4 Å². The maximum absolute atomic E-state index is 12.8. The van der Waals surface area contributed by atoms with Crippen molar-refractivity contribution in [2.45, 2.75) is 0 Å². The number of hydrogen-bond donors (Lipinski definition) is 0. The van der Waals surface area contributed by atoms with Gasteiger partial charge in [0, 0.05) is 28.8 Å². The number of nitrogens with zero attached hydrogens (tertiary/aromatic N) is 2. The summed E-state index contributed by atoms with van der Waals surface area (Å²) in [7, 11) is 0. The molecular weight excluding hydrogens is 432 g/mol. The molecule has 0 aliphatic carbocycles. The van der Waals surface area contributed by atoms with Crippen LogP contribution in [0.5, 0.6) is 0 Å². The predicted molar refractivity (Wildman–Crippen MR) is 118 cm³/mol. The Kier molecular flexibility index (Phi) is 5.23. The number of hydrogen-bond acceptors (Lipinski definition) is 6. The van der Waals surface area contributed by atoms with Crippen LogP contribution in [0, 0.1) is 10.1 Å². The van der Waals surface area contributed by atoms with Crippen LogP contribution in [0.2, 0.25) is 5.02 Å². The molecule has 0 radical (unpaired) electrons. The molecule has 0 unspecified atom stereocenters. The molecule has 9 heteroatoms. The van der Waals surface area contributed by atoms with E-state index in [2.05, 4.69) is 0 Å². The van der Waals surface area contributed by atoms with Crippen molar-refractivity contribution in [2.75, 3.05) is 4.90 Å². The Bertz CT molecular complexity index is 1170. The summed E-state index contributed by atoms with van der Waals surface area (Å²) in [4.78, 5) is 24.9. The SMILES string of the molecule is O=C1/C(=C\c2ccc(-c3cccc(Cl)c3)o2)SC(=S)N1c1ccc([N+](=O)[O-])cc1. The number of amides is 1. The Morgan fingerprint density at radius 1 is 1.14 bits per heavy atom. The quantitative estimate of drug-likeness (QED) is 0.216. The summed E-state index contributed by atoms with van der Waals surface area (Å²) >= 11 is 12.5. The molecule has 0 saturated carbocycles. The first kappa shape index (κ1) is 19.4.